The highest BCUT2D eigenvalue weighted by molar-refractivity contribution is 6.32. The number of rotatable bonds is 0. The molecule has 1 atom stereocenters. The van der Waals surface area contributed by atoms with Gasteiger partial charge in [-0.15, -0.1) is 4.43 Å². The number of hydrogen-bond donors (Lipinski definition) is 0. The maximum absolute atomic E-state index is 11.6. The van der Waals surface area contributed by atoms with E-state index in [1.54, 1.807) is 6.92 Å². The summed E-state index contributed by atoms with van der Waals surface area (Å²) in [6.07, 6.45) is 2.13. The molecule has 1 amide bonds. The number of anilines is 1. The van der Waals surface area contributed by atoms with Gasteiger partial charge in [0.15, 0.2) is 16.3 Å². The van der Waals surface area contributed by atoms with Crippen LogP contribution in [0.25, 0.3) is 0 Å². The lowest BCUT2D eigenvalue weighted by atomic mass is 9.96. The zero-order chi connectivity index (χ0) is 11.0. The molecule has 0 spiro atoms. The normalized spacial score (nSPS) is 19.9. The number of hydrogen-bond acceptors (Lipinski definition) is 1. The van der Waals surface area contributed by atoms with Gasteiger partial charge in [-0.2, -0.15) is 0 Å². The standard InChI is InChI=1S/C12H14NO.Al/c1-9-7-8-11-5-3-4-6-12(11)13(9)10(2)14;/h4-6,9H,7-8H2,1-2H3;. The molecule has 3 heteroatoms. The number of nitrogens with zero attached hydrogens (tertiary/aromatic N) is 1. The van der Waals surface area contributed by atoms with E-state index in [0.717, 1.165) is 18.5 Å². The summed E-state index contributed by atoms with van der Waals surface area (Å²) in [6.45, 7) is 3.75. The molecule has 1 aromatic rings. The Bertz CT molecular complexity index is 403. The van der Waals surface area contributed by atoms with Gasteiger partial charge in [-0.25, -0.2) is 0 Å². The van der Waals surface area contributed by atoms with Crippen molar-refractivity contribution in [3.8, 4) is 0 Å². The van der Waals surface area contributed by atoms with Crippen LogP contribution in [0.5, 0.6) is 0 Å². The van der Waals surface area contributed by atoms with Gasteiger partial charge < -0.3 is 4.90 Å². The zero-order valence-electron chi connectivity index (χ0n) is 9.16. The van der Waals surface area contributed by atoms with Crippen molar-refractivity contribution in [1.82, 2.24) is 0 Å². The molecular formula is C12H14AlNO. The van der Waals surface area contributed by atoms with Crippen LogP contribution in [-0.2, 0) is 11.2 Å². The average molecular weight is 215 g/mol. The fourth-order valence-electron chi connectivity index (χ4n) is 2.25. The summed E-state index contributed by atoms with van der Waals surface area (Å²) in [4.78, 5) is 13.5. The van der Waals surface area contributed by atoms with E-state index >= 15 is 0 Å². The minimum atomic E-state index is 0.139. The van der Waals surface area contributed by atoms with E-state index < -0.39 is 0 Å². The molecule has 15 heavy (non-hydrogen) atoms. The van der Waals surface area contributed by atoms with E-state index in [1.807, 2.05) is 11.0 Å². The van der Waals surface area contributed by atoms with Crippen molar-refractivity contribution in [3.63, 3.8) is 0 Å². The van der Waals surface area contributed by atoms with Crippen LogP contribution < -0.4 is 9.33 Å². The molecular weight excluding hydrogens is 201 g/mol. The molecule has 2 radical (unpaired) electrons. The third-order valence-corrected chi connectivity index (χ3v) is 3.33. The molecule has 0 aromatic heterocycles. The summed E-state index contributed by atoms with van der Waals surface area (Å²) in [5, 5.41) is 0. The van der Waals surface area contributed by atoms with Gasteiger partial charge in [0.05, 0.1) is 0 Å². The number of aryl methyl sites for hydroxylation is 1. The molecule has 1 aliphatic rings. The van der Waals surface area contributed by atoms with Gasteiger partial charge in [0.25, 0.3) is 0 Å². The Balaban J connectivity index is 2.48. The Labute approximate surface area is 98.7 Å². The van der Waals surface area contributed by atoms with Gasteiger partial charge >= 0.3 is 0 Å². The van der Waals surface area contributed by atoms with Gasteiger partial charge in [0.2, 0.25) is 5.91 Å². The van der Waals surface area contributed by atoms with E-state index in [9.17, 15) is 4.79 Å². The molecule has 0 fully saturated rings. The summed E-state index contributed by atoms with van der Waals surface area (Å²) in [5.74, 6) is 0.139. The first-order valence-electron chi connectivity index (χ1n) is 5.28. The monoisotopic (exact) mass is 215 g/mol. The van der Waals surface area contributed by atoms with E-state index in [4.69, 9.17) is 0 Å². The fourth-order valence-corrected chi connectivity index (χ4v) is 2.55. The van der Waals surface area contributed by atoms with Gasteiger partial charge in [-0.1, -0.05) is 12.1 Å². The Hall–Kier alpha value is -0.778. The molecule has 0 bridgehead atoms. The van der Waals surface area contributed by atoms with Crippen LogP contribution in [0, 0.1) is 0 Å². The second-order valence-corrected chi connectivity index (χ2v) is 4.83. The predicted molar refractivity (Wildman–Crippen MR) is 62.8 cm³/mol. The largest absolute Gasteiger partial charge is 0.310 e. The fraction of sp³-hybridized carbons (Fsp3) is 0.417. The van der Waals surface area contributed by atoms with Crippen molar-refractivity contribution < 1.29 is 4.79 Å². The summed E-state index contributed by atoms with van der Waals surface area (Å²) < 4.78 is 1.19. The third-order valence-electron chi connectivity index (χ3n) is 2.97. The first-order chi connectivity index (χ1) is 7.09. The number of carbonyl (C=O) groups excluding carboxylic acids is 1. The van der Waals surface area contributed by atoms with Crippen LogP contribution in [-0.4, -0.2) is 28.2 Å². The third kappa shape index (κ3) is 1.95. The van der Waals surface area contributed by atoms with Crippen LogP contribution >= 0.6 is 0 Å². The maximum atomic E-state index is 11.6. The van der Waals surface area contributed by atoms with Crippen molar-refractivity contribution in [2.45, 2.75) is 32.7 Å². The Morgan fingerprint density at radius 1 is 1.53 bits per heavy atom. The lowest BCUT2D eigenvalue weighted by Crippen LogP contribution is -2.41. The van der Waals surface area contributed by atoms with Crippen LogP contribution in [0.3, 0.4) is 0 Å². The van der Waals surface area contributed by atoms with E-state index in [-0.39, 0.29) is 5.91 Å². The molecule has 0 aliphatic carbocycles. The first-order valence-corrected chi connectivity index (χ1v) is 5.85. The number of carbonyl (C=O) groups is 1. The summed E-state index contributed by atoms with van der Waals surface area (Å²) in [5.41, 5.74) is 2.38. The minimum Gasteiger partial charge on any atom is -0.310 e. The van der Waals surface area contributed by atoms with Crippen molar-refractivity contribution >= 4 is 32.3 Å². The maximum Gasteiger partial charge on any atom is 0.224 e. The molecule has 1 heterocycles. The predicted octanol–water partition coefficient (Wildman–Crippen LogP) is 1.17. The highest BCUT2D eigenvalue weighted by atomic mass is 27.0. The molecule has 0 saturated heterocycles. The number of fused-ring (bicyclic) bond motifs is 1. The van der Waals surface area contributed by atoms with Crippen molar-refractivity contribution in [1.29, 1.82) is 0 Å². The van der Waals surface area contributed by atoms with Gasteiger partial charge in [-0.05, 0) is 31.4 Å². The van der Waals surface area contributed by atoms with Crippen molar-refractivity contribution in [2.75, 3.05) is 4.90 Å². The van der Waals surface area contributed by atoms with Gasteiger partial charge in [-0.3, -0.25) is 4.79 Å². The minimum absolute atomic E-state index is 0.139. The molecule has 0 saturated carbocycles. The molecule has 2 nitrogen and oxygen atoms in total. The quantitative estimate of drug-likeness (QED) is 0.595. The van der Waals surface area contributed by atoms with Crippen LogP contribution in [0.4, 0.5) is 5.69 Å². The number of benzene rings is 1. The molecule has 1 aromatic carbocycles. The SMILES string of the molecule is CC(=O)N1c2cc[c]([Al])cc2CCC1C. The highest BCUT2D eigenvalue weighted by Gasteiger charge is 2.25. The molecule has 2 rings (SSSR count). The van der Waals surface area contributed by atoms with Crippen LogP contribution in [0.15, 0.2) is 18.2 Å². The number of amides is 1. The lowest BCUT2D eigenvalue weighted by Gasteiger charge is -2.34. The van der Waals surface area contributed by atoms with Gasteiger partial charge in [0, 0.05) is 18.7 Å². The molecule has 0 N–H and O–H groups in total. The van der Waals surface area contributed by atoms with Gasteiger partial charge in [0.1, 0.15) is 0 Å². The summed E-state index contributed by atoms with van der Waals surface area (Å²) >= 11 is 2.70. The zero-order valence-corrected chi connectivity index (χ0v) is 10.3. The smallest absolute Gasteiger partial charge is 0.224 e. The molecule has 76 valence electrons. The average Bonchev–Trinajstić information content (AvgIpc) is 2.17. The second kappa shape index (κ2) is 4.00. The Morgan fingerprint density at radius 3 is 2.93 bits per heavy atom. The Morgan fingerprint density at radius 2 is 2.27 bits per heavy atom. The van der Waals surface area contributed by atoms with Crippen molar-refractivity contribution in [3.05, 3.63) is 23.8 Å². The second-order valence-electron chi connectivity index (χ2n) is 4.16. The highest BCUT2D eigenvalue weighted by Crippen LogP contribution is 2.29. The van der Waals surface area contributed by atoms with Crippen LogP contribution in [0.2, 0.25) is 0 Å². The molecule has 1 unspecified atom stereocenters. The van der Waals surface area contributed by atoms with E-state index in [0.29, 0.717) is 6.04 Å². The van der Waals surface area contributed by atoms with E-state index in [1.165, 1.54) is 9.99 Å². The first kappa shape index (κ1) is 10.7. The lowest BCUT2D eigenvalue weighted by molar-refractivity contribution is -0.117. The Kier molecular flexibility index (Phi) is 2.86. The topological polar surface area (TPSA) is 20.3 Å². The van der Waals surface area contributed by atoms with Crippen LogP contribution in [0.1, 0.15) is 25.8 Å². The van der Waals surface area contributed by atoms with E-state index in [2.05, 4.69) is 35.3 Å². The summed E-state index contributed by atoms with van der Waals surface area (Å²) in [7, 11) is 0. The summed E-state index contributed by atoms with van der Waals surface area (Å²) in [6, 6.07) is 6.57. The molecule has 1 aliphatic heterocycles. The van der Waals surface area contributed by atoms with Crippen molar-refractivity contribution in [2.24, 2.45) is 0 Å².